The van der Waals surface area contributed by atoms with Crippen LogP contribution in [0.1, 0.15) is 28.7 Å². The van der Waals surface area contributed by atoms with Crippen molar-refractivity contribution in [2.75, 3.05) is 12.0 Å². The van der Waals surface area contributed by atoms with Crippen molar-refractivity contribution in [3.05, 3.63) is 88.9 Å². The molecule has 0 radical (unpaired) electrons. The Labute approximate surface area is 174 Å². The third-order valence-corrected chi connectivity index (χ3v) is 5.13. The maximum atomic E-state index is 13.0. The Morgan fingerprint density at radius 1 is 1.03 bits per heavy atom. The lowest BCUT2D eigenvalue weighted by molar-refractivity contribution is -0.132. The molecule has 1 saturated heterocycles. The highest BCUT2D eigenvalue weighted by Gasteiger charge is 2.48. The van der Waals surface area contributed by atoms with Crippen LogP contribution in [-0.4, -0.2) is 23.9 Å². The number of Topliss-reactive ketones (excluding diaryl/α,β-unsaturated/α-hetero) is 1. The Morgan fingerprint density at radius 2 is 1.77 bits per heavy atom. The van der Waals surface area contributed by atoms with E-state index in [1.165, 1.54) is 12.0 Å². The Bertz CT molecular complexity index is 1160. The number of ether oxygens (including phenoxy) is 1. The number of methoxy groups -OCH3 is 1. The Hall–Kier alpha value is -3.80. The number of nitrogens with zero attached hydrogens (tertiary/aromatic N) is 1. The van der Waals surface area contributed by atoms with Gasteiger partial charge < -0.3 is 14.3 Å². The summed E-state index contributed by atoms with van der Waals surface area (Å²) < 4.78 is 11.1. The smallest absolute Gasteiger partial charge is 0.300 e. The molecule has 6 nitrogen and oxygen atoms in total. The van der Waals surface area contributed by atoms with Crippen LogP contribution in [0.3, 0.4) is 0 Å². The number of aryl methyl sites for hydroxylation is 2. The number of amides is 1. The number of hydrogen-bond acceptors (Lipinski definition) is 5. The second kappa shape index (κ2) is 7.55. The van der Waals surface area contributed by atoms with Gasteiger partial charge >= 0.3 is 0 Å². The summed E-state index contributed by atoms with van der Waals surface area (Å²) >= 11 is 0. The number of hydrogen-bond donors (Lipinski definition) is 1. The summed E-state index contributed by atoms with van der Waals surface area (Å²) in [6.45, 7) is 3.71. The van der Waals surface area contributed by atoms with Crippen LogP contribution in [-0.2, 0) is 9.59 Å². The van der Waals surface area contributed by atoms with E-state index in [2.05, 4.69) is 0 Å². The molecule has 30 heavy (non-hydrogen) atoms. The quantitative estimate of drug-likeness (QED) is 0.393. The van der Waals surface area contributed by atoms with Crippen molar-refractivity contribution in [3.8, 4) is 5.75 Å². The average molecular weight is 403 g/mol. The van der Waals surface area contributed by atoms with Crippen LogP contribution in [0.2, 0.25) is 0 Å². The van der Waals surface area contributed by atoms with E-state index in [1.54, 1.807) is 55.5 Å². The minimum atomic E-state index is -0.896. The topological polar surface area (TPSA) is 80.0 Å². The zero-order valence-electron chi connectivity index (χ0n) is 16.9. The van der Waals surface area contributed by atoms with E-state index in [4.69, 9.17) is 9.15 Å². The molecule has 0 aliphatic carbocycles. The highest BCUT2D eigenvalue weighted by Crippen LogP contribution is 2.43. The number of aliphatic hydroxyl groups excluding tert-OH is 1. The fourth-order valence-corrected chi connectivity index (χ4v) is 3.60. The first-order valence-electron chi connectivity index (χ1n) is 9.49. The molecule has 2 aromatic carbocycles. The van der Waals surface area contributed by atoms with Crippen molar-refractivity contribution in [3.63, 3.8) is 0 Å². The second-order valence-electron chi connectivity index (χ2n) is 7.19. The molecule has 1 fully saturated rings. The lowest BCUT2D eigenvalue weighted by atomic mass is 9.98. The zero-order chi connectivity index (χ0) is 21.4. The Kier molecular flexibility index (Phi) is 4.91. The molecule has 0 saturated carbocycles. The standard InChI is InChI=1S/C24H21NO5/c1-14-7-10-16(11-8-14)22(26)20-21(19-12-9-15(2)30-19)25(24(28)23(20)27)17-5-4-6-18(13-17)29-3/h4-13,21,26H,1-3H3/b22-20-. The largest absolute Gasteiger partial charge is 0.507 e. The minimum Gasteiger partial charge on any atom is -0.507 e. The van der Waals surface area contributed by atoms with Gasteiger partial charge in [0.15, 0.2) is 0 Å². The molecule has 0 spiro atoms. The number of rotatable bonds is 4. The fraction of sp³-hybridized carbons (Fsp3) is 0.167. The van der Waals surface area contributed by atoms with Crippen molar-refractivity contribution >= 4 is 23.1 Å². The maximum Gasteiger partial charge on any atom is 0.300 e. The van der Waals surface area contributed by atoms with Crippen LogP contribution in [0.15, 0.2) is 70.7 Å². The number of benzene rings is 2. The summed E-state index contributed by atoms with van der Waals surface area (Å²) in [5.41, 5.74) is 1.93. The van der Waals surface area contributed by atoms with E-state index in [0.29, 0.717) is 28.5 Å². The number of aliphatic hydroxyl groups is 1. The molecule has 3 aromatic rings. The van der Waals surface area contributed by atoms with Gasteiger partial charge in [-0.1, -0.05) is 35.9 Å². The number of anilines is 1. The van der Waals surface area contributed by atoms with Crippen LogP contribution in [0.4, 0.5) is 5.69 Å². The van der Waals surface area contributed by atoms with Crippen LogP contribution in [0.5, 0.6) is 5.75 Å². The zero-order valence-corrected chi connectivity index (χ0v) is 16.9. The molecule has 6 heteroatoms. The third-order valence-electron chi connectivity index (χ3n) is 5.13. The molecule has 1 aromatic heterocycles. The first kappa shape index (κ1) is 19.5. The third kappa shape index (κ3) is 3.26. The molecule has 1 N–H and O–H groups in total. The SMILES string of the molecule is COc1cccc(N2C(=O)C(=O)/C(=C(\O)c3ccc(C)cc3)C2c2ccc(C)o2)c1. The summed E-state index contributed by atoms with van der Waals surface area (Å²) in [6.07, 6.45) is 0. The molecule has 1 atom stereocenters. The molecule has 1 aliphatic rings. The van der Waals surface area contributed by atoms with E-state index in [9.17, 15) is 14.7 Å². The molecule has 1 aliphatic heterocycles. The highest BCUT2D eigenvalue weighted by atomic mass is 16.5. The molecule has 1 unspecified atom stereocenters. The summed E-state index contributed by atoms with van der Waals surface area (Å²) in [5.74, 6) is -0.175. The van der Waals surface area contributed by atoms with Gasteiger partial charge in [-0.3, -0.25) is 14.5 Å². The minimum absolute atomic E-state index is 0.0129. The second-order valence-corrected chi connectivity index (χ2v) is 7.19. The van der Waals surface area contributed by atoms with Gasteiger partial charge in [-0.25, -0.2) is 0 Å². The molecule has 4 rings (SSSR count). The molecule has 2 heterocycles. The van der Waals surface area contributed by atoms with Crippen molar-refractivity contribution in [2.45, 2.75) is 19.9 Å². The van der Waals surface area contributed by atoms with E-state index >= 15 is 0 Å². The van der Waals surface area contributed by atoms with Gasteiger partial charge in [-0.2, -0.15) is 0 Å². The normalized spacial score (nSPS) is 18.1. The molecular weight excluding hydrogens is 382 g/mol. The van der Waals surface area contributed by atoms with Gasteiger partial charge in [-0.15, -0.1) is 0 Å². The van der Waals surface area contributed by atoms with Crippen LogP contribution >= 0.6 is 0 Å². The first-order chi connectivity index (χ1) is 14.4. The van der Waals surface area contributed by atoms with Crippen molar-refractivity contribution in [1.82, 2.24) is 0 Å². The summed E-state index contributed by atoms with van der Waals surface area (Å²) in [7, 11) is 1.53. The van der Waals surface area contributed by atoms with Gasteiger partial charge in [0.2, 0.25) is 0 Å². The first-order valence-corrected chi connectivity index (χ1v) is 9.49. The van der Waals surface area contributed by atoms with E-state index in [0.717, 1.165) is 5.56 Å². The van der Waals surface area contributed by atoms with Crippen molar-refractivity contribution < 1.29 is 23.8 Å². The summed E-state index contributed by atoms with van der Waals surface area (Å²) in [6, 6.07) is 16.5. The average Bonchev–Trinajstić information content (AvgIpc) is 3.29. The van der Waals surface area contributed by atoms with Crippen LogP contribution in [0.25, 0.3) is 5.76 Å². The van der Waals surface area contributed by atoms with Crippen molar-refractivity contribution in [2.24, 2.45) is 0 Å². The van der Waals surface area contributed by atoms with Gasteiger partial charge in [-0.05, 0) is 38.1 Å². The number of carbonyl (C=O) groups excluding carboxylic acids is 2. The van der Waals surface area contributed by atoms with E-state index < -0.39 is 17.7 Å². The number of furan rings is 1. The van der Waals surface area contributed by atoms with Gasteiger partial charge in [0.05, 0.1) is 12.7 Å². The number of ketones is 1. The predicted octanol–water partition coefficient (Wildman–Crippen LogP) is 4.53. The highest BCUT2D eigenvalue weighted by molar-refractivity contribution is 6.51. The maximum absolute atomic E-state index is 13.0. The van der Waals surface area contributed by atoms with Gasteiger partial charge in [0.1, 0.15) is 29.1 Å². The van der Waals surface area contributed by atoms with Crippen LogP contribution < -0.4 is 9.64 Å². The molecular formula is C24H21NO5. The lowest BCUT2D eigenvalue weighted by Crippen LogP contribution is -2.29. The Balaban J connectivity index is 1.93. The lowest BCUT2D eigenvalue weighted by Gasteiger charge is -2.23. The molecule has 0 bridgehead atoms. The molecule has 152 valence electrons. The Morgan fingerprint density at radius 3 is 2.40 bits per heavy atom. The predicted molar refractivity (Wildman–Crippen MR) is 112 cm³/mol. The van der Waals surface area contributed by atoms with E-state index in [1.807, 2.05) is 19.1 Å². The van der Waals surface area contributed by atoms with Crippen LogP contribution in [0, 0.1) is 13.8 Å². The van der Waals surface area contributed by atoms with Gasteiger partial charge in [0.25, 0.3) is 11.7 Å². The van der Waals surface area contributed by atoms with Crippen molar-refractivity contribution in [1.29, 1.82) is 0 Å². The molecule has 1 amide bonds. The van der Waals surface area contributed by atoms with Gasteiger partial charge in [0, 0.05) is 17.3 Å². The summed E-state index contributed by atoms with van der Waals surface area (Å²) in [4.78, 5) is 27.4. The van der Waals surface area contributed by atoms with E-state index in [-0.39, 0.29) is 11.3 Å². The fourth-order valence-electron chi connectivity index (χ4n) is 3.60. The summed E-state index contributed by atoms with van der Waals surface area (Å²) in [5, 5.41) is 11.0. The monoisotopic (exact) mass is 403 g/mol. The number of carbonyl (C=O) groups is 2.